The molecule has 7 heteroatoms. The minimum absolute atomic E-state index is 0.0534. The first-order chi connectivity index (χ1) is 16.8. The summed E-state index contributed by atoms with van der Waals surface area (Å²) in [7, 11) is 0. The van der Waals surface area contributed by atoms with E-state index in [0.29, 0.717) is 30.8 Å². The van der Waals surface area contributed by atoms with E-state index in [1.807, 2.05) is 37.4 Å². The van der Waals surface area contributed by atoms with Crippen LogP contribution in [0.3, 0.4) is 0 Å². The molecule has 0 radical (unpaired) electrons. The number of hydrogen-bond acceptors (Lipinski definition) is 6. The minimum Gasteiger partial charge on any atom is -0.389 e. The van der Waals surface area contributed by atoms with Crippen molar-refractivity contribution in [2.45, 2.75) is 53.0 Å². The van der Waals surface area contributed by atoms with Crippen molar-refractivity contribution in [3.8, 4) is 11.1 Å². The molecule has 4 rings (SSSR count). The maximum absolute atomic E-state index is 13.2. The zero-order valence-electron chi connectivity index (χ0n) is 20.7. The summed E-state index contributed by atoms with van der Waals surface area (Å²) < 4.78 is 5.60. The topological polar surface area (TPSA) is 78.5 Å². The maximum atomic E-state index is 13.2. The predicted molar refractivity (Wildman–Crippen MR) is 143 cm³/mol. The average Bonchev–Trinajstić information content (AvgIpc) is 3.24. The van der Waals surface area contributed by atoms with Gasteiger partial charge < -0.3 is 14.8 Å². The number of aromatic nitrogens is 2. The Hall–Kier alpha value is -2.84. The van der Waals surface area contributed by atoms with E-state index >= 15 is 0 Å². The number of aliphatic hydroxyl groups is 1. The first kappa shape index (κ1) is 25.3. The number of aromatic amines is 1. The highest BCUT2D eigenvalue weighted by Crippen LogP contribution is 2.33. The molecule has 6 nitrogen and oxygen atoms in total. The zero-order chi connectivity index (χ0) is 24.9. The molecular formula is C28H33N3O3S. The molecular weight excluding hydrogens is 458 g/mol. The minimum atomic E-state index is -0.644. The largest absolute Gasteiger partial charge is 0.389 e. The highest BCUT2D eigenvalue weighted by Gasteiger charge is 2.18. The number of aryl methyl sites for hydroxylation is 2. The van der Waals surface area contributed by atoms with Crippen LogP contribution in [-0.2, 0) is 17.8 Å². The van der Waals surface area contributed by atoms with Gasteiger partial charge in [-0.2, -0.15) is 0 Å². The average molecular weight is 492 g/mol. The Labute approximate surface area is 210 Å². The van der Waals surface area contributed by atoms with Crippen molar-refractivity contribution in [3.05, 3.63) is 86.8 Å². The maximum Gasteiger partial charge on any atom is 0.260 e. The van der Waals surface area contributed by atoms with Gasteiger partial charge in [-0.1, -0.05) is 54.1 Å². The lowest BCUT2D eigenvalue weighted by Gasteiger charge is -2.25. The fraction of sp³-hybridized carbons (Fsp3) is 0.357. The lowest BCUT2D eigenvalue weighted by atomic mass is 9.99. The van der Waals surface area contributed by atoms with Gasteiger partial charge in [-0.05, 0) is 44.4 Å². The number of rotatable bonds is 10. The molecule has 1 atom stereocenters. The van der Waals surface area contributed by atoms with Gasteiger partial charge in [0, 0.05) is 24.0 Å². The van der Waals surface area contributed by atoms with E-state index < -0.39 is 6.10 Å². The number of ether oxygens (including phenoxy) is 1. The Bertz CT molecular complexity index is 1330. The number of hydrogen-bond donors (Lipinski definition) is 2. The Balaban J connectivity index is 1.61. The molecule has 0 aliphatic heterocycles. The van der Waals surface area contributed by atoms with E-state index in [9.17, 15) is 9.90 Å². The number of nitrogens with one attached hydrogen (secondary N) is 1. The molecule has 4 aromatic rings. The molecule has 0 bridgehead atoms. The van der Waals surface area contributed by atoms with Crippen molar-refractivity contribution in [2.75, 3.05) is 13.2 Å². The molecule has 2 N–H and O–H groups in total. The lowest BCUT2D eigenvalue weighted by molar-refractivity contribution is -0.0109. The van der Waals surface area contributed by atoms with Gasteiger partial charge in [0.15, 0.2) is 0 Å². The third kappa shape index (κ3) is 6.44. The summed E-state index contributed by atoms with van der Waals surface area (Å²) >= 11 is 1.49. The van der Waals surface area contributed by atoms with Crippen LogP contribution in [0.1, 0.15) is 36.4 Å². The molecule has 0 fully saturated rings. The zero-order valence-corrected chi connectivity index (χ0v) is 21.6. The Kier molecular flexibility index (Phi) is 8.13. The van der Waals surface area contributed by atoms with Crippen LogP contribution in [-0.4, -0.2) is 45.3 Å². The SMILES string of the molecule is Cc1ccc(C)c(-c2csc3nc(CN(Cc4ccccc4)CC(O)COC(C)C)[nH]c(=O)c23)c1. The summed E-state index contributed by atoms with van der Waals surface area (Å²) in [5, 5.41) is 13.2. The molecule has 0 saturated carbocycles. The van der Waals surface area contributed by atoms with Crippen molar-refractivity contribution in [2.24, 2.45) is 0 Å². The highest BCUT2D eigenvalue weighted by molar-refractivity contribution is 7.17. The molecule has 0 aliphatic rings. The van der Waals surface area contributed by atoms with Gasteiger partial charge in [0.2, 0.25) is 0 Å². The number of thiophene rings is 1. The second kappa shape index (κ2) is 11.3. The monoisotopic (exact) mass is 491 g/mol. The van der Waals surface area contributed by atoms with Crippen LogP contribution in [0.5, 0.6) is 0 Å². The van der Waals surface area contributed by atoms with Crippen molar-refractivity contribution in [1.29, 1.82) is 0 Å². The summed E-state index contributed by atoms with van der Waals surface area (Å²) in [6.07, 6.45) is -0.591. The van der Waals surface area contributed by atoms with Crippen molar-refractivity contribution < 1.29 is 9.84 Å². The quantitative estimate of drug-likeness (QED) is 0.324. The van der Waals surface area contributed by atoms with Crippen molar-refractivity contribution in [1.82, 2.24) is 14.9 Å². The first-order valence-electron chi connectivity index (χ1n) is 11.9. The van der Waals surface area contributed by atoms with E-state index in [4.69, 9.17) is 9.72 Å². The number of nitrogens with zero attached hydrogens (tertiary/aromatic N) is 2. The van der Waals surface area contributed by atoms with Crippen LogP contribution in [0.25, 0.3) is 21.3 Å². The second-order valence-corrected chi connectivity index (χ2v) is 10.2. The summed E-state index contributed by atoms with van der Waals surface area (Å²) in [6, 6.07) is 16.4. The lowest BCUT2D eigenvalue weighted by Crippen LogP contribution is -2.35. The van der Waals surface area contributed by atoms with Gasteiger partial charge in [-0.3, -0.25) is 9.69 Å². The Morgan fingerprint density at radius 2 is 1.86 bits per heavy atom. The third-order valence-electron chi connectivity index (χ3n) is 5.89. The molecule has 0 spiro atoms. The van der Waals surface area contributed by atoms with Crippen LogP contribution < -0.4 is 5.56 Å². The van der Waals surface area contributed by atoms with Crippen LogP contribution in [0.2, 0.25) is 0 Å². The van der Waals surface area contributed by atoms with E-state index in [1.165, 1.54) is 11.3 Å². The molecule has 184 valence electrons. The number of aliphatic hydroxyl groups excluding tert-OH is 1. The molecule has 2 heterocycles. The third-order valence-corrected chi connectivity index (χ3v) is 6.76. The summed E-state index contributed by atoms with van der Waals surface area (Å²) in [5.74, 6) is 0.588. The molecule has 1 unspecified atom stereocenters. The first-order valence-corrected chi connectivity index (χ1v) is 12.8. The van der Waals surface area contributed by atoms with Crippen LogP contribution in [0.4, 0.5) is 0 Å². The van der Waals surface area contributed by atoms with Gasteiger partial charge in [0.1, 0.15) is 10.7 Å². The van der Waals surface area contributed by atoms with E-state index in [1.54, 1.807) is 0 Å². The van der Waals surface area contributed by atoms with Gasteiger partial charge in [-0.15, -0.1) is 11.3 Å². The van der Waals surface area contributed by atoms with E-state index in [2.05, 4.69) is 54.1 Å². The normalized spacial score (nSPS) is 12.7. The summed E-state index contributed by atoms with van der Waals surface area (Å²) in [5.41, 5.74) is 5.27. The summed E-state index contributed by atoms with van der Waals surface area (Å²) in [6.45, 7) is 9.72. The molecule has 0 amide bonds. The van der Waals surface area contributed by atoms with Crippen molar-refractivity contribution >= 4 is 21.6 Å². The summed E-state index contributed by atoms with van der Waals surface area (Å²) in [4.78, 5) is 23.8. The van der Waals surface area contributed by atoms with Crippen LogP contribution in [0.15, 0.2) is 58.7 Å². The second-order valence-electron chi connectivity index (χ2n) is 9.35. The van der Waals surface area contributed by atoms with Crippen LogP contribution >= 0.6 is 11.3 Å². The predicted octanol–water partition coefficient (Wildman–Crippen LogP) is 5.06. The smallest absolute Gasteiger partial charge is 0.260 e. The number of fused-ring (bicyclic) bond motifs is 1. The number of benzene rings is 2. The standard InChI is InChI=1S/C28H33N3O3S/c1-18(2)34-16-22(32)14-31(13-21-8-6-5-7-9-21)15-25-29-27(33)26-24(17-35-28(26)30-25)23-12-19(3)10-11-20(23)4/h5-12,17-18,22,32H,13-16H2,1-4H3,(H,29,30,33). The van der Waals surface area contributed by atoms with E-state index in [-0.39, 0.29) is 18.3 Å². The highest BCUT2D eigenvalue weighted by atomic mass is 32.1. The van der Waals surface area contributed by atoms with Gasteiger partial charge in [0.05, 0.1) is 30.7 Å². The Morgan fingerprint density at radius 1 is 1.09 bits per heavy atom. The number of H-pyrrole nitrogens is 1. The van der Waals surface area contributed by atoms with Gasteiger partial charge in [-0.25, -0.2) is 4.98 Å². The molecule has 0 saturated heterocycles. The molecule has 2 aromatic carbocycles. The van der Waals surface area contributed by atoms with Crippen molar-refractivity contribution in [3.63, 3.8) is 0 Å². The van der Waals surface area contributed by atoms with Crippen LogP contribution in [0, 0.1) is 13.8 Å². The van der Waals surface area contributed by atoms with Gasteiger partial charge in [0.25, 0.3) is 5.56 Å². The Morgan fingerprint density at radius 3 is 2.60 bits per heavy atom. The molecule has 2 aromatic heterocycles. The fourth-order valence-electron chi connectivity index (χ4n) is 4.19. The van der Waals surface area contributed by atoms with E-state index in [0.717, 1.165) is 32.6 Å². The fourth-order valence-corrected chi connectivity index (χ4v) is 5.14. The molecule has 35 heavy (non-hydrogen) atoms. The molecule has 0 aliphatic carbocycles. The van der Waals surface area contributed by atoms with Gasteiger partial charge >= 0.3 is 0 Å².